The van der Waals surface area contributed by atoms with Gasteiger partial charge in [0.2, 0.25) is 10.0 Å². The van der Waals surface area contributed by atoms with E-state index < -0.39 is 10.0 Å². The number of benzene rings is 1. The minimum absolute atomic E-state index is 0.125. The van der Waals surface area contributed by atoms with E-state index in [1.807, 2.05) is 31.1 Å². The molecule has 6 heteroatoms. The molecule has 1 saturated carbocycles. The van der Waals surface area contributed by atoms with Gasteiger partial charge in [-0.3, -0.25) is 0 Å². The zero-order valence-corrected chi connectivity index (χ0v) is 11.9. The van der Waals surface area contributed by atoms with E-state index in [4.69, 9.17) is 0 Å². The van der Waals surface area contributed by atoms with Crippen molar-refractivity contribution >= 4 is 15.7 Å². The van der Waals surface area contributed by atoms with Gasteiger partial charge in [0.25, 0.3) is 0 Å². The Bertz CT molecular complexity index is 558. The predicted molar refractivity (Wildman–Crippen MR) is 74.7 cm³/mol. The number of nitrogens with one attached hydrogen (secondary N) is 2. The molecule has 5 nitrogen and oxygen atoms in total. The quantitative estimate of drug-likeness (QED) is 0.830. The molecule has 19 heavy (non-hydrogen) atoms. The van der Waals surface area contributed by atoms with Crippen molar-refractivity contribution in [3.63, 3.8) is 0 Å². The molecule has 0 radical (unpaired) electrons. The normalized spacial score (nSPS) is 29.1. The standard InChI is InChI=1S/C13H19N3O2S/c1-16(2)9-3-5-10(6-4-9)19(17,18)15-13-11-7-14-8-12(11)13/h3-6,11-15H,7-8H2,1-2H3/t11-,12+,13?. The molecule has 1 aliphatic carbocycles. The molecule has 104 valence electrons. The number of piperidine rings is 1. The van der Waals surface area contributed by atoms with Gasteiger partial charge in [-0.15, -0.1) is 0 Å². The van der Waals surface area contributed by atoms with Crippen LogP contribution >= 0.6 is 0 Å². The fraction of sp³-hybridized carbons (Fsp3) is 0.538. The molecule has 3 rings (SSSR count). The number of nitrogens with zero attached hydrogens (tertiary/aromatic N) is 1. The van der Waals surface area contributed by atoms with Gasteiger partial charge in [-0.2, -0.15) is 0 Å². The number of hydrogen-bond donors (Lipinski definition) is 2. The summed E-state index contributed by atoms with van der Waals surface area (Å²) < 4.78 is 27.3. The third kappa shape index (κ3) is 2.35. The summed E-state index contributed by atoms with van der Waals surface area (Å²) in [6.07, 6.45) is 0. The molecule has 3 atom stereocenters. The van der Waals surface area contributed by atoms with Crippen molar-refractivity contribution in [1.29, 1.82) is 0 Å². The van der Waals surface area contributed by atoms with Crippen molar-refractivity contribution in [1.82, 2.24) is 10.0 Å². The molecule has 0 amide bonds. The first-order valence-corrected chi connectivity index (χ1v) is 7.98. The smallest absolute Gasteiger partial charge is 0.240 e. The van der Waals surface area contributed by atoms with Crippen LogP contribution in [0.25, 0.3) is 0 Å². The molecule has 1 aromatic carbocycles. The summed E-state index contributed by atoms with van der Waals surface area (Å²) in [5.41, 5.74) is 0.992. The summed E-state index contributed by atoms with van der Waals surface area (Å²) in [7, 11) is 0.484. The predicted octanol–water partition coefficient (Wildman–Crippen LogP) is 0.249. The summed E-state index contributed by atoms with van der Waals surface area (Å²) >= 11 is 0. The molecule has 0 spiro atoms. The van der Waals surface area contributed by atoms with Crippen LogP contribution in [0.1, 0.15) is 0 Å². The van der Waals surface area contributed by atoms with Crippen LogP contribution in [-0.2, 0) is 10.0 Å². The second-order valence-electron chi connectivity index (χ2n) is 5.52. The maximum atomic E-state index is 12.2. The van der Waals surface area contributed by atoms with Crippen LogP contribution in [0.5, 0.6) is 0 Å². The third-order valence-corrected chi connectivity index (χ3v) is 5.52. The summed E-state index contributed by atoms with van der Waals surface area (Å²) in [6, 6.07) is 7.09. The van der Waals surface area contributed by atoms with E-state index in [-0.39, 0.29) is 6.04 Å². The molecule has 0 aromatic heterocycles. The Kier molecular flexibility index (Phi) is 3.03. The molecule has 1 aliphatic heterocycles. The van der Waals surface area contributed by atoms with E-state index in [0.29, 0.717) is 16.7 Å². The number of fused-ring (bicyclic) bond motifs is 1. The molecular weight excluding hydrogens is 262 g/mol. The SMILES string of the molecule is CN(C)c1ccc(S(=O)(=O)NC2[C@H]3CNC[C@@H]23)cc1. The van der Waals surface area contributed by atoms with Gasteiger partial charge in [-0.25, -0.2) is 13.1 Å². The second-order valence-corrected chi connectivity index (χ2v) is 7.24. The molecule has 2 aliphatic rings. The number of anilines is 1. The molecule has 1 saturated heterocycles. The maximum Gasteiger partial charge on any atom is 0.240 e. The van der Waals surface area contributed by atoms with Crippen LogP contribution in [0.4, 0.5) is 5.69 Å². The average Bonchev–Trinajstić information content (AvgIpc) is 2.82. The first-order valence-electron chi connectivity index (χ1n) is 6.49. The van der Waals surface area contributed by atoms with Crippen molar-refractivity contribution < 1.29 is 8.42 Å². The average molecular weight is 281 g/mol. The highest BCUT2D eigenvalue weighted by atomic mass is 32.2. The van der Waals surface area contributed by atoms with Gasteiger partial charge >= 0.3 is 0 Å². The Morgan fingerprint density at radius 3 is 2.26 bits per heavy atom. The molecule has 2 fully saturated rings. The van der Waals surface area contributed by atoms with Crippen LogP contribution in [-0.4, -0.2) is 41.6 Å². The van der Waals surface area contributed by atoms with E-state index in [9.17, 15) is 8.42 Å². The van der Waals surface area contributed by atoms with Crippen molar-refractivity contribution in [2.24, 2.45) is 11.8 Å². The lowest BCUT2D eigenvalue weighted by atomic mass is 10.3. The van der Waals surface area contributed by atoms with E-state index in [2.05, 4.69) is 10.0 Å². The largest absolute Gasteiger partial charge is 0.378 e. The van der Waals surface area contributed by atoms with E-state index in [1.165, 1.54) is 0 Å². The Morgan fingerprint density at radius 1 is 1.16 bits per heavy atom. The lowest BCUT2D eigenvalue weighted by Gasteiger charge is -2.13. The number of rotatable bonds is 4. The van der Waals surface area contributed by atoms with Crippen LogP contribution in [0.2, 0.25) is 0 Å². The zero-order valence-electron chi connectivity index (χ0n) is 11.1. The first-order chi connectivity index (χ1) is 8.99. The molecular formula is C13H19N3O2S. The highest BCUT2D eigenvalue weighted by Gasteiger charge is 2.54. The van der Waals surface area contributed by atoms with Crippen LogP contribution in [0.15, 0.2) is 29.2 Å². The fourth-order valence-corrected chi connectivity index (χ4v) is 4.10. The molecule has 1 heterocycles. The van der Waals surface area contributed by atoms with Gasteiger partial charge in [0.15, 0.2) is 0 Å². The van der Waals surface area contributed by atoms with Crippen molar-refractivity contribution in [2.75, 3.05) is 32.1 Å². The molecule has 1 aromatic rings. The monoisotopic (exact) mass is 281 g/mol. The van der Waals surface area contributed by atoms with Gasteiger partial charge in [-0.1, -0.05) is 0 Å². The summed E-state index contributed by atoms with van der Waals surface area (Å²) in [4.78, 5) is 2.29. The molecule has 1 unspecified atom stereocenters. The van der Waals surface area contributed by atoms with Crippen molar-refractivity contribution in [3.8, 4) is 0 Å². The highest BCUT2D eigenvalue weighted by Crippen LogP contribution is 2.42. The van der Waals surface area contributed by atoms with Crippen molar-refractivity contribution in [3.05, 3.63) is 24.3 Å². The number of hydrogen-bond acceptors (Lipinski definition) is 4. The Labute approximate surface area is 114 Å². The van der Waals surface area contributed by atoms with Crippen LogP contribution in [0, 0.1) is 11.8 Å². The van der Waals surface area contributed by atoms with E-state index in [0.717, 1.165) is 18.8 Å². The maximum absolute atomic E-state index is 12.2. The van der Waals surface area contributed by atoms with Gasteiger partial charge in [0.05, 0.1) is 4.90 Å². The Morgan fingerprint density at radius 2 is 1.74 bits per heavy atom. The Balaban J connectivity index is 1.73. The van der Waals surface area contributed by atoms with Gasteiger partial charge in [0, 0.05) is 25.8 Å². The van der Waals surface area contributed by atoms with Gasteiger partial charge in [-0.05, 0) is 49.2 Å². The topological polar surface area (TPSA) is 61.4 Å². The summed E-state index contributed by atoms with van der Waals surface area (Å²) in [5, 5.41) is 3.26. The molecule has 2 N–H and O–H groups in total. The first kappa shape index (κ1) is 12.9. The van der Waals surface area contributed by atoms with Crippen LogP contribution in [0.3, 0.4) is 0 Å². The highest BCUT2D eigenvalue weighted by molar-refractivity contribution is 7.89. The fourth-order valence-electron chi connectivity index (χ4n) is 2.76. The number of sulfonamides is 1. The summed E-state index contributed by atoms with van der Waals surface area (Å²) in [6.45, 7) is 1.86. The van der Waals surface area contributed by atoms with Gasteiger partial charge < -0.3 is 10.2 Å². The van der Waals surface area contributed by atoms with E-state index >= 15 is 0 Å². The van der Waals surface area contributed by atoms with E-state index in [1.54, 1.807) is 12.1 Å². The minimum Gasteiger partial charge on any atom is -0.378 e. The third-order valence-electron chi connectivity index (χ3n) is 4.05. The Hall–Kier alpha value is -1.11. The second kappa shape index (κ2) is 4.47. The lowest BCUT2D eigenvalue weighted by Crippen LogP contribution is -2.32. The zero-order chi connectivity index (χ0) is 13.6. The van der Waals surface area contributed by atoms with Gasteiger partial charge in [0.1, 0.15) is 0 Å². The lowest BCUT2D eigenvalue weighted by molar-refractivity contribution is 0.565. The molecule has 0 bridgehead atoms. The minimum atomic E-state index is -3.38. The van der Waals surface area contributed by atoms with Crippen molar-refractivity contribution in [2.45, 2.75) is 10.9 Å². The van der Waals surface area contributed by atoms with Crippen LogP contribution < -0.4 is 14.9 Å². The summed E-state index contributed by atoms with van der Waals surface area (Å²) in [5.74, 6) is 0.964.